The number of rotatable bonds is 4. The van der Waals surface area contributed by atoms with E-state index in [0.717, 1.165) is 6.54 Å². The van der Waals surface area contributed by atoms with Gasteiger partial charge < -0.3 is 10.5 Å². The summed E-state index contributed by atoms with van der Waals surface area (Å²) in [6.07, 6.45) is 4.38. The van der Waals surface area contributed by atoms with Gasteiger partial charge in [0.05, 0.1) is 6.20 Å². The second-order valence-corrected chi connectivity index (χ2v) is 3.96. The monoisotopic (exact) mass is 210 g/mol. The van der Waals surface area contributed by atoms with E-state index in [2.05, 4.69) is 10.00 Å². The average molecular weight is 210 g/mol. The average Bonchev–Trinajstić information content (AvgIpc) is 2.77. The van der Waals surface area contributed by atoms with Gasteiger partial charge in [0, 0.05) is 13.6 Å². The SMILES string of the molecule is Cn1cc(N)c(OCCN2CCCC2)n1. The summed E-state index contributed by atoms with van der Waals surface area (Å²) in [5.41, 5.74) is 6.32. The summed E-state index contributed by atoms with van der Waals surface area (Å²) >= 11 is 0. The molecule has 1 aliphatic rings. The number of nitrogens with two attached hydrogens (primary N) is 1. The Labute approximate surface area is 89.8 Å². The molecule has 2 rings (SSSR count). The minimum absolute atomic E-state index is 0.552. The number of nitrogens with zero attached hydrogens (tertiary/aromatic N) is 3. The molecule has 84 valence electrons. The van der Waals surface area contributed by atoms with Gasteiger partial charge in [-0.15, -0.1) is 5.10 Å². The van der Waals surface area contributed by atoms with Crippen LogP contribution in [-0.4, -0.2) is 40.9 Å². The van der Waals surface area contributed by atoms with Crippen molar-refractivity contribution in [2.75, 3.05) is 32.0 Å². The fourth-order valence-corrected chi connectivity index (χ4v) is 1.88. The number of likely N-dealkylation sites (tertiary alicyclic amines) is 1. The highest BCUT2D eigenvalue weighted by atomic mass is 16.5. The predicted molar refractivity (Wildman–Crippen MR) is 58.8 cm³/mol. The van der Waals surface area contributed by atoms with Crippen molar-refractivity contribution in [2.24, 2.45) is 7.05 Å². The lowest BCUT2D eigenvalue weighted by atomic mass is 10.4. The van der Waals surface area contributed by atoms with Crippen molar-refractivity contribution in [1.29, 1.82) is 0 Å². The highest BCUT2D eigenvalue weighted by molar-refractivity contribution is 5.45. The van der Waals surface area contributed by atoms with Gasteiger partial charge in [0.1, 0.15) is 12.3 Å². The molecule has 15 heavy (non-hydrogen) atoms. The van der Waals surface area contributed by atoms with E-state index >= 15 is 0 Å². The first-order valence-electron chi connectivity index (χ1n) is 5.40. The molecular weight excluding hydrogens is 192 g/mol. The van der Waals surface area contributed by atoms with E-state index in [0.29, 0.717) is 18.2 Å². The molecule has 0 atom stereocenters. The molecule has 0 aliphatic carbocycles. The molecule has 1 aliphatic heterocycles. The number of hydrogen-bond acceptors (Lipinski definition) is 4. The van der Waals surface area contributed by atoms with Crippen LogP contribution in [0.5, 0.6) is 5.88 Å². The molecular formula is C10H18N4O. The maximum Gasteiger partial charge on any atom is 0.256 e. The van der Waals surface area contributed by atoms with Crippen molar-refractivity contribution in [2.45, 2.75) is 12.8 Å². The number of aromatic nitrogens is 2. The molecule has 1 fully saturated rings. The molecule has 0 spiro atoms. The van der Waals surface area contributed by atoms with Crippen molar-refractivity contribution in [3.63, 3.8) is 0 Å². The fourth-order valence-electron chi connectivity index (χ4n) is 1.88. The third-order valence-electron chi connectivity index (χ3n) is 2.67. The molecule has 1 saturated heterocycles. The van der Waals surface area contributed by atoms with Crippen LogP contribution in [0.25, 0.3) is 0 Å². The quantitative estimate of drug-likeness (QED) is 0.785. The topological polar surface area (TPSA) is 56.3 Å². The number of hydrogen-bond donors (Lipinski definition) is 1. The maximum atomic E-state index is 5.71. The number of nitrogen functional groups attached to an aromatic ring is 1. The summed E-state index contributed by atoms with van der Waals surface area (Å²) in [5, 5.41) is 4.13. The number of ether oxygens (including phenoxy) is 1. The van der Waals surface area contributed by atoms with E-state index in [1.165, 1.54) is 25.9 Å². The van der Waals surface area contributed by atoms with Crippen LogP contribution in [0.15, 0.2) is 6.20 Å². The van der Waals surface area contributed by atoms with E-state index in [4.69, 9.17) is 10.5 Å². The van der Waals surface area contributed by atoms with Crippen LogP contribution in [0.2, 0.25) is 0 Å². The first-order valence-corrected chi connectivity index (χ1v) is 5.40. The van der Waals surface area contributed by atoms with Gasteiger partial charge in [-0.1, -0.05) is 0 Å². The first kappa shape index (κ1) is 10.3. The third kappa shape index (κ3) is 2.62. The maximum absolute atomic E-state index is 5.71. The molecule has 0 radical (unpaired) electrons. The van der Waals surface area contributed by atoms with E-state index in [-0.39, 0.29) is 0 Å². The Morgan fingerprint density at radius 2 is 2.20 bits per heavy atom. The Kier molecular flexibility index (Phi) is 3.11. The Balaban J connectivity index is 1.75. The lowest BCUT2D eigenvalue weighted by Crippen LogP contribution is -2.25. The predicted octanol–water partition coefficient (Wildman–Crippen LogP) is 0.477. The van der Waals surface area contributed by atoms with Crippen LogP contribution in [0, 0.1) is 0 Å². The molecule has 0 saturated carbocycles. The van der Waals surface area contributed by atoms with E-state index in [9.17, 15) is 0 Å². The summed E-state index contributed by atoms with van der Waals surface area (Å²) in [6.45, 7) is 4.03. The Morgan fingerprint density at radius 1 is 1.47 bits per heavy atom. The molecule has 5 heteroatoms. The molecule has 5 nitrogen and oxygen atoms in total. The van der Waals surface area contributed by atoms with Crippen LogP contribution >= 0.6 is 0 Å². The molecule has 0 aromatic carbocycles. The Bertz CT molecular complexity index is 317. The van der Waals surface area contributed by atoms with Crippen LogP contribution in [0.1, 0.15) is 12.8 Å². The molecule has 2 N–H and O–H groups in total. The second kappa shape index (κ2) is 4.53. The number of anilines is 1. The smallest absolute Gasteiger partial charge is 0.256 e. The lowest BCUT2D eigenvalue weighted by Gasteiger charge is -2.13. The normalized spacial score (nSPS) is 17.1. The molecule has 1 aromatic heterocycles. The summed E-state index contributed by atoms with van der Waals surface area (Å²) in [4.78, 5) is 2.40. The summed E-state index contributed by atoms with van der Waals surface area (Å²) in [5.74, 6) is 0.552. The van der Waals surface area contributed by atoms with E-state index < -0.39 is 0 Å². The lowest BCUT2D eigenvalue weighted by molar-refractivity contribution is 0.231. The minimum atomic E-state index is 0.552. The first-order chi connectivity index (χ1) is 7.25. The molecule has 0 bridgehead atoms. The third-order valence-corrected chi connectivity index (χ3v) is 2.67. The summed E-state index contributed by atoms with van der Waals surface area (Å²) in [7, 11) is 1.84. The van der Waals surface area contributed by atoms with Crippen molar-refractivity contribution >= 4 is 5.69 Å². The van der Waals surface area contributed by atoms with E-state index in [1.807, 2.05) is 7.05 Å². The van der Waals surface area contributed by atoms with Crippen LogP contribution < -0.4 is 10.5 Å². The van der Waals surface area contributed by atoms with Gasteiger partial charge in [-0.3, -0.25) is 9.58 Å². The second-order valence-electron chi connectivity index (χ2n) is 3.96. The highest BCUT2D eigenvalue weighted by Crippen LogP contribution is 2.17. The number of aryl methyl sites for hydroxylation is 1. The summed E-state index contributed by atoms with van der Waals surface area (Å²) < 4.78 is 7.19. The van der Waals surface area contributed by atoms with Gasteiger partial charge >= 0.3 is 0 Å². The van der Waals surface area contributed by atoms with Gasteiger partial charge in [0.2, 0.25) is 0 Å². The van der Waals surface area contributed by atoms with Crippen molar-refractivity contribution < 1.29 is 4.74 Å². The van der Waals surface area contributed by atoms with Crippen molar-refractivity contribution in [1.82, 2.24) is 14.7 Å². The summed E-state index contributed by atoms with van der Waals surface area (Å²) in [6, 6.07) is 0. The molecule has 0 unspecified atom stereocenters. The van der Waals surface area contributed by atoms with Gasteiger partial charge in [0.25, 0.3) is 5.88 Å². The van der Waals surface area contributed by atoms with Gasteiger partial charge in [-0.25, -0.2) is 0 Å². The van der Waals surface area contributed by atoms with Crippen LogP contribution in [-0.2, 0) is 7.05 Å². The molecule has 1 aromatic rings. The minimum Gasteiger partial charge on any atom is -0.474 e. The zero-order valence-electron chi connectivity index (χ0n) is 9.15. The Morgan fingerprint density at radius 3 is 2.80 bits per heavy atom. The molecule has 2 heterocycles. The van der Waals surface area contributed by atoms with E-state index in [1.54, 1.807) is 10.9 Å². The van der Waals surface area contributed by atoms with Gasteiger partial charge in [0.15, 0.2) is 0 Å². The van der Waals surface area contributed by atoms with Crippen LogP contribution in [0.3, 0.4) is 0 Å². The fraction of sp³-hybridized carbons (Fsp3) is 0.700. The van der Waals surface area contributed by atoms with Crippen molar-refractivity contribution in [3.05, 3.63) is 6.20 Å². The standard InChI is InChI=1S/C10H18N4O/c1-13-8-9(11)10(12-13)15-7-6-14-4-2-3-5-14/h8H,2-7,11H2,1H3. The van der Waals surface area contributed by atoms with Crippen molar-refractivity contribution in [3.8, 4) is 5.88 Å². The molecule has 0 amide bonds. The van der Waals surface area contributed by atoms with Gasteiger partial charge in [-0.2, -0.15) is 0 Å². The zero-order valence-corrected chi connectivity index (χ0v) is 9.15. The van der Waals surface area contributed by atoms with Crippen LogP contribution in [0.4, 0.5) is 5.69 Å². The van der Waals surface area contributed by atoms with Gasteiger partial charge in [-0.05, 0) is 25.9 Å². The largest absolute Gasteiger partial charge is 0.474 e. The zero-order chi connectivity index (χ0) is 10.7. The highest BCUT2D eigenvalue weighted by Gasteiger charge is 2.11. The Hall–Kier alpha value is -1.23.